The molecule has 0 atom stereocenters. The lowest BCUT2D eigenvalue weighted by atomic mass is 10.4. The molecule has 6 heteroatoms. The van der Waals surface area contributed by atoms with Crippen LogP contribution in [0.4, 0.5) is 13.2 Å². The molecule has 1 rings (SSSR count). The van der Waals surface area contributed by atoms with Gasteiger partial charge in [-0.3, -0.25) is 4.79 Å². The standard InChI is InChI=1S/C6H5F3N2O.C2H6/c1-3-2-4(12)11-5(10-3)6(7,8)9;1-2/h2H,1H3,(H,10,11,12);1-2H3. The Morgan fingerprint density at radius 1 is 1.36 bits per heavy atom. The van der Waals surface area contributed by atoms with E-state index in [2.05, 4.69) is 4.98 Å². The normalized spacial score (nSPS) is 10.4. The monoisotopic (exact) mass is 208 g/mol. The number of aromatic amines is 1. The molecule has 1 N–H and O–H groups in total. The van der Waals surface area contributed by atoms with Crippen LogP contribution < -0.4 is 5.56 Å². The van der Waals surface area contributed by atoms with E-state index in [4.69, 9.17) is 0 Å². The second kappa shape index (κ2) is 4.78. The van der Waals surface area contributed by atoms with Gasteiger partial charge in [0.25, 0.3) is 5.56 Å². The zero-order valence-electron chi connectivity index (χ0n) is 8.07. The molecule has 1 heterocycles. The lowest BCUT2D eigenvalue weighted by molar-refractivity contribution is -0.145. The molecule has 80 valence electrons. The maximum absolute atomic E-state index is 11.9. The number of hydrogen-bond acceptors (Lipinski definition) is 2. The number of hydrogen-bond donors (Lipinski definition) is 1. The maximum Gasteiger partial charge on any atom is 0.449 e. The molecule has 0 spiro atoms. The average Bonchev–Trinajstić information content (AvgIpc) is 2.04. The quantitative estimate of drug-likeness (QED) is 0.709. The van der Waals surface area contributed by atoms with E-state index in [1.807, 2.05) is 13.8 Å². The summed E-state index contributed by atoms with van der Waals surface area (Å²) in [5, 5.41) is 0. The summed E-state index contributed by atoms with van der Waals surface area (Å²) in [4.78, 5) is 15.3. The molecule has 0 aromatic carbocycles. The van der Waals surface area contributed by atoms with E-state index < -0.39 is 17.6 Å². The summed E-state index contributed by atoms with van der Waals surface area (Å²) in [5.41, 5.74) is -0.749. The van der Waals surface area contributed by atoms with Gasteiger partial charge in [-0.2, -0.15) is 13.2 Å². The Kier molecular flexibility index (Phi) is 4.33. The Labute approximate surface area is 79.0 Å². The Morgan fingerprint density at radius 2 is 1.86 bits per heavy atom. The van der Waals surface area contributed by atoms with Crippen molar-refractivity contribution in [3.8, 4) is 0 Å². The van der Waals surface area contributed by atoms with Gasteiger partial charge in [0.15, 0.2) is 0 Å². The molecule has 0 aliphatic rings. The van der Waals surface area contributed by atoms with Gasteiger partial charge in [-0.15, -0.1) is 0 Å². The molecule has 1 aromatic heterocycles. The van der Waals surface area contributed by atoms with Crippen molar-refractivity contribution in [3.05, 3.63) is 27.9 Å². The molecule has 0 fully saturated rings. The van der Waals surface area contributed by atoms with E-state index in [-0.39, 0.29) is 5.69 Å². The van der Waals surface area contributed by atoms with Crippen molar-refractivity contribution in [2.24, 2.45) is 0 Å². The smallest absolute Gasteiger partial charge is 0.303 e. The van der Waals surface area contributed by atoms with Gasteiger partial charge in [0.1, 0.15) is 0 Å². The number of aromatic nitrogens is 2. The second-order valence-corrected chi connectivity index (χ2v) is 2.23. The molecule has 0 aliphatic carbocycles. The van der Waals surface area contributed by atoms with Crippen LogP contribution in [0.2, 0.25) is 0 Å². The van der Waals surface area contributed by atoms with E-state index in [1.165, 1.54) is 6.92 Å². The predicted octanol–water partition coefficient (Wildman–Crippen LogP) is 2.12. The lowest BCUT2D eigenvalue weighted by Gasteiger charge is -2.04. The lowest BCUT2D eigenvalue weighted by Crippen LogP contribution is -2.18. The highest BCUT2D eigenvalue weighted by Crippen LogP contribution is 2.24. The van der Waals surface area contributed by atoms with Crippen LogP contribution >= 0.6 is 0 Å². The fourth-order valence-corrected chi connectivity index (χ4v) is 0.713. The van der Waals surface area contributed by atoms with Crippen LogP contribution in [0.3, 0.4) is 0 Å². The molecular weight excluding hydrogens is 197 g/mol. The Hall–Kier alpha value is -1.33. The summed E-state index contributed by atoms with van der Waals surface area (Å²) in [6.45, 7) is 5.32. The van der Waals surface area contributed by atoms with Crippen molar-refractivity contribution in [1.29, 1.82) is 0 Å². The highest BCUT2D eigenvalue weighted by atomic mass is 19.4. The summed E-state index contributed by atoms with van der Waals surface area (Å²) >= 11 is 0. The van der Waals surface area contributed by atoms with Crippen LogP contribution in [0.1, 0.15) is 25.4 Å². The number of alkyl halides is 3. The molecule has 1 aromatic rings. The van der Waals surface area contributed by atoms with E-state index in [1.54, 1.807) is 4.98 Å². The van der Waals surface area contributed by atoms with E-state index in [0.29, 0.717) is 0 Å². The molecule has 0 bridgehead atoms. The van der Waals surface area contributed by atoms with E-state index in [0.717, 1.165) is 6.07 Å². The number of halogens is 3. The summed E-state index contributed by atoms with van der Waals surface area (Å²) in [6, 6.07) is 0.995. The van der Waals surface area contributed by atoms with Crippen molar-refractivity contribution in [3.63, 3.8) is 0 Å². The third kappa shape index (κ3) is 3.59. The third-order valence-corrected chi connectivity index (χ3v) is 1.14. The first kappa shape index (κ1) is 12.7. The van der Waals surface area contributed by atoms with Gasteiger partial charge in [0.2, 0.25) is 5.82 Å². The Morgan fingerprint density at radius 3 is 2.21 bits per heavy atom. The zero-order valence-corrected chi connectivity index (χ0v) is 8.07. The van der Waals surface area contributed by atoms with Crippen molar-refractivity contribution < 1.29 is 13.2 Å². The van der Waals surface area contributed by atoms with Crippen molar-refractivity contribution >= 4 is 0 Å². The highest BCUT2D eigenvalue weighted by molar-refractivity contribution is 5.02. The Balaban J connectivity index is 0.000000791. The van der Waals surface area contributed by atoms with E-state index in [9.17, 15) is 18.0 Å². The first-order valence-corrected chi connectivity index (χ1v) is 4.05. The largest absolute Gasteiger partial charge is 0.449 e. The predicted molar refractivity (Wildman–Crippen MR) is 45.9 cm³/mol. The summed E-state index contributed by atoms with van der Waals surface area (Å²) in [6.07, 6.45) is -4.59. The molecule has 0 saturated carbocycles. The Bertz CT molecular complexity index is 343. The number of H-pyrrole nitrogens is 1. The van der Waals surface area contributed by atoms with Gasteiger partial charge in [-0.1, -0.05) is 13.8 Å². The average molecular weight is 208 g/mol. The van der Waals surface area contributed by atoms with Gasteiger partial charge in [-0.05, 0) is 6.92 Å². The zero-order chi connectivity index (χ0) is 11.4. The first-order chi connectivity index (χ1) is 6.39. The number of nitrogens with one attached hydrogen (secondary N) is 1. The van der Waals surface area contributed by atoms with Crippen LogP contribution in [0.15, 0.2) is 10.9 Å². The van der Waals surface area contributed by atoms with Gasteiger partial charge in [-0.25, -0.2) is 4.98 Å². The molecule has 0 unspecified atom stereocenters. The third-order valence-electron chi connectivity index (χ3n) is 1.14. The molecule has 3 nitrogen and oxygen atoms in total. The highest BCUT2D eigenvalue weighted by Gasteiger charge is 2.33. The van der Waals surface area contributed by atoms with Gasteiger partial charge >= 0.3 is 6.18 Å². The fourth-order valence-electron chi connectivity index (χ4n) is 0.713. The van der Waals surface area contributed by atoms with Crippen LogP contribution in [-0.2, 0) is 6.18 Å². The molecule has 0 aliphatic heterocycles. The second-order valence-electron chi connectivity index (χ2n) is 2.23. The van der Waals surface area contributed by atoms with Crippen LogP contribution in [0, 0.1) is 6.92 Å². The maximum atomic E-state index is 11.9. The topological polar surface area (TPSA) is 45.8 Å². The molecule has 0 saturated heterocycles. The van der Waals surface area contributed by atoms with Crippen molar-refractivity contribution in [2.45, 2.75) is 26.9 Å². The van der Waals surface area contributed by atoms with Gasteiger partial charge < -0.3 is 4.98 Å². The minimum Gasteiger partial charge on any atom is -0.303 e. The molecule has 14 heavy (non-hydrogen) atoms. The number of nitrogens with zero attached hydrogens (tertiary/aromatic N) is 1. The molecule has 0 radical (unpaired) electrons. The van der Waals surface area contributed by atoms with Crippen LogP contribution in [0.25, 0.3) is 0 Å². The SMILES string of the molecule is CC.Cc1cc(=O)[nH]c(C(F)(F)F)n1. The van der Waals surface area contributed by atoms with Gasteiger partial charge in [0.05, 0.1) is 0 Å². The first-order valence-electron chi connectivity index (χ1n) is 4.05. The van der Waals surface area contributed by atoms with Crippen molar-refractivity contribution in [2.75, 3.05) is 0 Å². The summed E-state index contributed by atoms with van der Waals surface area (Å²) in [5.74, 6) is -1.26. The fraction of sp³-hybridized carbons (Fsp3) is 0.500. The van der Waals surface area contributed by atoms with Gasteiger partial charge in [0, 0.05) is 11.8 Å². The summed E-state index contributed by atoms with van der Waals surface area (Å²) in [7, 11) is 0. The number of aryl methyl sites for hydroxylation is 1. The van der Waals surface area contributed by atoms with Crippen LogP contribution in [0.5, 0.6) is 0 Å². The minimum absolute atomic E-state index is 0.0473. The van der Waals surface area contributed by atoms with Crippen LogP contribution in [-0.4, -0.2) is 9.97 Å². The molecular formula is C8H11F3N2O. The van der Waals surface area contributed by atoms with Crippen molar-refractivity contribution in [1.82, 2.24) is 9.97 Å². The van der Waals surface area contributed by atoms with E-state index >= 15 is 0 Å². The molecule has 0 amide bonds. The number of rotatable bonds is 0. The summed E-state index contributed by atoms with van der Waals surface area (Å²) < 4.78 is 35.7. The minimum atomic E-state index is -4.59.